The normalized spacial score (nSPS) is 30.7. The van der Waals surface area contributed by atoms with Gasteiger partial charge in [0.25, 0.3) is 0 Å². The average molecular weight is 296 g/mol. The summed E-state index contributed by atoms with van der Waals surface area (Å²) in [6.45, 7) is 11.5. The summed E-state index contributed by atoms with van der Waals surface area (Å²) in [5.74, 6) is 0.834. The Kier molecular flexibility index (Phi) is 6.51. The molecular weight excluding hydrogens is 260 g/mol. The van der Waals surface area contributed by atoms with E-state index in [1.165, 1.54) is 45.1 Å². The minimum atomic E-state index is 0.419. The molecule has 2 aliphatic rings. The Morgan fingerprint density at radius 2 is 1.90 bits per heavy atom. The van der Waals surface area contributed by atoms with Crippen LogP contribution in [0.25, 0.3) is 0 Å². The predicted molar refractivity (Wildman–Crippen MR) is 89.7 cm³/mol. The fraction of sp³-hybridized carbons (Fsp3) is 1.00. The third-order valence-corrected chi connectivity index (χ3v) is 5.62. The Morgan fingerprint density at radius 1 is 1.19 bits per heavy atom. The Bertz CT molecular complexity index is 300. The van der Waals surface area contributed by atoms with Gasteiger partial charge in [-0.25, -0.2) is 0 Å². The third kappa shape index (κ3) is 4.67. The summed E-state index contributed by atoms with van der Waals surface area (Å²) in [6, 6.07) is 1.33. The van der Waals surface area contributed by atoms with E-state index in [2.05, 4.69) is 38.0 Å². The first-order valence-electron chi connectivity index (χ1n) is 9.06. The summed E-state index contributed by atoms with van der Waals surface area (Å²) in [5, 5.41) is 3.86. The molecule has 3 nitrogen and oxygen atoms in total. The van der Waals surface area contributed by atoms with Crippen LogP contribution < -0.4 is 5.32 Å². The van der Waals surface area contributed by atoms with Gasteiger partial charge in [0.05, 0.1) is 0 Å². The summed E-state index contributed by atoms with van der Waals surface area (Å²) in [7, 11) is 2.35. The number of likely N-dealkylation sites (N-methyl/N-ethyl adjacent to an activating group) is 1. The molecule has 0 spiro atoms. The van der Waals surface area contributed by atoms with Gasteiger partial charge in [0.1, 0.15) is 0 Å². The highest BCUT2D eigenvalue weighted by molar-refractivity contribution is 4.97. The third-order valence-electron chi connectivity index (χ3n) is 5.62. The molecule has 0 aromatic heterocycles. The first-order valence-corrected chi connectivity index (χ1v) is 9.06. The largest absolute Gasteiger partial charge is 0.381 e. The highest BCUT2D eigenvalue weighted by atomic mass is 16.5. The number of nitrogens with zero attached hydrogens (tertiary/aromatic N) is 1. The molecule has 0 radical (unpaired) electrons. The van der Waals surface area contributed by atoms with Crippen molar-refractivity contribution >= 4 is 0 Å². The molecule has 124 valence electrons. The van der Waals surface area contributed by atoms with E-state index in [9.17, 15) is 0 Å². The molecule has 2 atom stereocenters. The second kappa shape index (κ2) is 7.94. The second-order valence-corrected chi connectivity index (χ2v) is 7.88. The number of rotatable bonds is 6. The van der Waals surface area contributed by atoms with Crippen LogP contribution in [0, 0.1) is 11.3 Å². The van der Waals surface area contributed by atoms with Gasteiger partial charge in [-0.3, -0.25) is 0 Å². The average Bonchev–Trinajstić information content (AvgIpc) is 2.46. The summed E-state index contributed by atoms with van der Waals surface area (Å²) in [6.07, 6.45) is 7.80. The molecule has 1 aliphatic heterocycles. The molecule has 0 bridgehead atoms. The van der Waals surface area contributed by atoms with Gasteiger partial charge < -0.3 is 15.0 Å². The minimum Gasteiger partial charge on any atom is -0.381 e. The van der Waals surface area contributed by atoms with E-state index in [1.54, 1.807) is 0 Å². The Morgan fingerprint density at radius 3 is 2.57 bits per heavy atom. The van der Waals surface area contributed by atoms with Crippen LogP contribution in [-0.4, -0.2) is 50.3 Å². The van der Waals surface area contributed by atoms with E-state index in [-0.39, 0.29) is 0 Å². The zero-order valence-corrected chi connectivity index (χ0v) is 14.7. The van der Waals surface area contributed by atoms with Gasteiger partial charge in [-0.2, -0.15) is 0 Å². The molecule has 2 unspecified atom stereocenters. The van der Waals surface area contributed by atoms with Crippen LogP contribution in [0.15, 0.2) is 0 Å². The zero-order valence-electron chi connectivity index (χ0n) is 14.7. The van der Waals surface area contributed by atoms with E-state index in [1.807, 2.05) is 0 Å². The maximum atomic E-state index is 5.50. The smallest absolute Gasteiger partial charge is 0.0469 e. The fourth-order valence-corrected chi connectivity index (χ4v) is 4.27. The van der Waals surface area contributed by atoms with Crippen molar-refractivity contribution in [3.63, 3.8) is 0 Å². The number of nitrogens with one attached hydrogen (secondary N) is 1. The van der Waals surface area contributed by atoms with Crippen LogP contribution in [0.4, 0.5) is 0 Å². The SMILES string of the molecule is CCCNC1C(N(C)CC2CCOCC2)CCCC1(C)C. The van der Waals surface area contributed by atoms with Crippen molar-refractivity contribution in [1.82, 2.24) is 10.2 Å². The van der Waals surface area contributed by atoms with Gasteiger partial charge in [-0.1, -0.05) is 27.2 Å². The van der Waals surface area contributed by atoms with E-state index < -0.39 is 0 Å². The fourth-order valence-electron chi connectivity index (χ4n) is 4.27. The van der Waals surface area contributed by atoms with Crippen LogP contribution in [0.3, 0.4) is 0 Å². The molecule has 0 amide bonds. The van der Waals surface area contributed by atoms with Crippen LogP contribution in [0.1, 0.15) is 59.3 Å². The first-order chi connectivity index (χ1) is 10.0. The molecule has 0 aromatic carbocycles. The molecule has 1 aliphatic carbocycles. The lowest BCUT2D eigenvalue weighted by Gasteiger charge is -2.48. The number of hydrogen-bond acceptors (Lipinski definition) is 3. The lowest BCUT2D eigenvalue weighted by Crippen LogP contribution is -2.58. The van der Waals surface area contributed by atoms with Gasteiger partial charge in [0.15, 0.2) is 0 Å². The standard InChI is InChI=1S/C18H36N2O/c1-5-11-19-17-16(7-6-10-18(17,2)3)20(4)14-15-8-12-21-13-9-15/h15-17,19H,5-14H2,1-4H3. The molecule has 0 aromatic rings. The first kappa shape index (κ1) is 17.2. The van der Waals surface area contributed by atoms with Crippen molar-refractivity contribution in [2.45, 2.75) is 71.4 Å². The van der Waals surface area contributed by atoms with Crippen molar-refractivity contribution in [2.24, 2.45) is 11.3 Å². The lowest BCUT2D eigenvalue weighted by atomic mass is 9.70. The van der Waals surface area contributed by atoms with E-state index in [0.29, 0.717) is 17.5 Å². The van der Waals surface area contributed by atoms with Crippen molar-refractivity contribution in [1.29, 1.82) is 0 Å². The van der Waals surface area contributed by atoms with Crippen molar-refractivity contribution in [2.75, 3.05) is 33.4 Å². The monoisotopic (exact) mass is 296 g/mol. The Balaban J connectivity index is 1.96. The molecule has 1 saturated heterocycles. The van der Waals surface area contributed by atoms with Gasteiger partial charge >= 0.3 is 0 Å². The highest BCUT2D eigenvalue weighted by Crippen LogP contribution is 2.38. The Labute approximate surface area is 131 Å². The van der Waals surface area contributed by atoms with E-state index >= 15 is 0 Å². The highest BCUT2D eigenvalue weighted by Gasteiger charge is 2.40. The summed E-state index contributed by atoms with van der Waals surface area (Å²) in [4.78, 5) is 2.66. The van der Waals surface area contributed by atoms with Crippen molar-refractivity contribution in [3.8, 4) is 0 Å². The molecule has 2 fully saturated rings. The van der Waals surface area contributed by atoms with Crippen LogP contribution in [0.5, 0.6) is 0 Å². The predicted octanol–water partition coefficient (Wildman–Crippen LogP) is 3.29. The maximum Gasteiger partial charge on any atom is 0.0469 e. The minimum absolute atomic E-state index is 0.419. The Hall–Kier alpha value is -0.120. The van der Waals surface area contributed by atoms with Gasteiger partial charge in [-0.15, -0.1) is 0 Å². The molecule has 21 heavy (non-hydrogen) atoms. The summed E-state index contributed by atoms with van der Waals surface area (Å²) >= 11 is 0. The topological polar surface area (TPSA) is 24.5 Å². The second-order valence-electron chi connectivity index (χ2n) is 7.88. The number of hydrogen-bond donors (Lipinski definition) is 1. The van der Waals surface area contributed by atoms with Crippen LogP contribution in [-0.2, 0) is 4.74 Å². The van der Waals surface area contributed by atoms with Crippen LogP contribution >= 0.6 is 0 Å². The molecule has 3 heteroatoms. The lowest BCUT2D eigenvalue weighted by molar-refractivity contribution is 0.0243. The van der Waals surface area contributed by atoms with Gasteiger partial charge in [0, 0.05) is 31.8 Å². The molecule has 2 rings (SSSR count). The van der Waals surface area contributed by atoms with Gasteiger partial charge in [-0.05, 0) is 57.0 Å². The summed E-state index contributed by atoms with van der Waals surface area (Å²) < 4.78 is 5.50. The molecular formula is C18H36N2O. The van der Waals surface area contributed by atoms with E-state index in [0.717, 1.165) is 25.7 Å². The quantitative estimate of drug-likeness (QED) is 0.814. The maximum absolute atomic E-state index is 5.50. The molecule has 1 saturated carbocycles. The van der Waals surface area contributed by atoms with Gasteiger partial charge in [0.2, 0.25) is 0 Å². The molecule has 1 N–H and O–H groups in total. The number of ether oxygens (including phenoxy) is 1. The summed E-state index contributed by atoms with van der Waals surface area (Å²) in [5.41, 5.74) is 0.419. The van der Waals surface area contributed by atoms with Crippen molar-refractivity contribution in [3.05, 3.63) is 0 Å². The van der Waals surface area contributed by atoms with Crippen LogP contribution in [0.2, 0.25) is 0 Å². The van der Waals surface area contributed by atoms with Crippen molar-refractivity contribution < 1.29 is 4.74 Å². The molecule has 1 heterocycles. The van der Waals surface area contributed by atoms with E-state index in [4.69, 9.17) is 4.74 Å². The zero-order chi connectivity index (χ0) is 15.3.